The Morgan fingerprint density at radius 2 is 1.67 bits per heavy atom. The highest BCUT2D eigenvalue weighted by Gasteiger charge is 2.41. The number of nitrogens with one attached hydrogen (secondary N) is 1. The molecule has 0 aliphatic heterocycles. The fourth-order valence-corrected chi connectivity index (χ4v) is 2.52. The highest BCUT2D eigenvalue weighted by molar-refractivity contribution is 5.50. The first-order valence-electron chi connectivity index (χ1n) is 6.35. The predicted molar refractivity (Wildman–Crippen MR) is 66.6 cm³/mol. The zero-order valence-electron chi connectivity index (χ0n) is 10.4. The Labute approximate surface area is 105 Å². The van der Waals surface area contributed by atoms with Crippen LogP contribution in [0.25, 0.3) is 0 Å². The first-order valence-corrected chi connectivity index (χ1v) is 6.35. The molecule has 2 rings (SSSR count). The predicted octanol–water partition coefficient (Wildman–Crippen LogP) is 4.53. The lowest BCUT2D eigenvalue weighted by Gasteiger charge is -2.31. The normalized spacial score (nSPS) is 24.9. The van der Waals surface area contributed by atoms with Crippen LogP contribution in [0.5, 0.6) is 0 Å². The Hall–Kier alpha value is -1.19. The third kappa shape index (κ3) is 3.18. The van der Waals surface area contributed by atoms with Crippen LogP contribution < -0.4 is 5.32 Å². The van der Waals surface area contributed by atoms with Crippen molar-refractivity contribution < 1.29 is 13.2 Å². The van der Waals surface area contributed by atoms with Gasteiger partial charge in [-0.2, -0.15) is 13.2 Å². The van der Waals surface area contributed by atoms with Crippen molar-refractivity contribution >= 4 is 5.69 Å². The summed E-state index contributed by atoms with van der Waals surface area (Å²) in [6.07, 6.45) is -2.34. The van der Waals surface area contributed by atoms with Crippen molar-refractivity contribution in [2.24, 2.45) is 5.92 Å². The number of hydrogen-bond donors (Lipinski definition) is 1. The molecule has 1 aromatic rings. The van der Waals surface area contributed by atoms with Crippen LogP contribution in [0, 0.1) is 12.8 Å². The summed E-state index contributed by atoms with van der Waals surface area (Å²) in [5.41, 5.74) is 2.17. The molecular weight excluding hydrogens is 239 g/mol. The molecule has 1 saturated carbocycles. The molecule has 0 heterocycles. The van der Waals surface area contributed by atoms with E-state index in [1.165, 1.54) is 0 Å². The summed E-state index contributed by atoms with van der Waals surface area (Å²) in [4.78, 5) is 0. The zero-order chi connectivity index (χ0) is 13.2. The number of aryl methyl sites for hydroxylation is 1. The molecular formula is C14H18F3N. The number of halogens is 3. The summed E-state index contributed by atoms with van der Waals surface area (Å²) in [6, 6.07) is 8.05. The van der Waals surface area contributed by atoms with Gasteiger partial charge in [0.15, 0.2) is 0 Å². The van der Waals surface area contributed by atoms with Gasteiger partial charge in [0.05, 0.1) is 5.92 Å². The molecule has 1 N–H and O–H groups in total. The van der Waals surface area contributed by atoms with Gasteiger partial charge in [0.2, 0.25) is 0 Å². The Balaban J connectivity index is 1.90. The minimum atomic E-state index is -4.02. The van der Waals surface area contributed by atoms with Crippen molar-refractivity contribution in [2.75, 3.05) is 5.32 Å². The molecule has 0 bridgehead atoms. The van der Waals surface area contributed by atoms with E-state index >= 15 is 0 Å². The van der Waals surface area contributed by atoms with Crippen LogP contribution in [0.1, 0.15) is 31.2 Å². The molecule has 0 spiro atoms. The van der Waals surface area contributed by atoms with Gasteiger partial charge in [-0.05, 0) is 44.2 Å². The maximum atomic E-state index is 12.5. The number of alkyl halides is 3. The molecule has 1 aliphatic rings. The van der Waals surface area contributed by atoms with E-state index in [4.69, 9.17) is 0 Å². The molecule has 4 heteroatoms. The third-order valence-corrected chi connectivity index (χ3v) is 3.69. The summed E-state index contributed by atoms with van der Waals surface area (Å²) >= 11 is 0. The molecule has 1 nitrogen and oxygen atoms in total. The molecule has 0 unspecified atom stereocenters. The van der Waals surface area contributed by atoms with Gasteiger partial charge in [0, 0.05) is 11.7 Å². The van der Waals surface area contributed by atoms with Crippen molar-refractivity contribution in [1.29, 1.82) is 0 Å². The van der Waals surface area contributed by atoms with Crippen LogP contribution in [0.3, 0.4) is 0 Å². The number of benzene rings is 1. The average molecular weight is 257 g/mol. The Morgan fingerprint density at radius 3 is 2.22 bits per heavy atom. The Bertz CT molecular complexity index is 392. The maximum absolute atomic E-state index is 12.5. The highest BCUT2D eigenvalue weighted by Crippen LogP contribution is 2.38. The summed E-state index contributed by atoms with van der Waals surface area (Å²) in [5, 5.41) is 3.35. The van der Waals surface area contributed by atoms with Crippen LogP contribution in [0.2, 0.25) is 0 Å². The second-order valence-corrected chi connectivity index (χ2v) is 5.05. The highest BCUT2D eigenvalue weighted by atomic mass is 19.4. The largest absolute Gasteiger partial charge is 0.391 e. The minimum absolute atomic E-state index is 0.171. The molecule has 18 heavy (non-hydrogen) atoms. The fourth-order valence-electron chi connectivity index (χ4n) is 2.52. The summed E-state index contributed by atoms with van der Waals surface area (Å²) in [5.74, 6) is -1.10. The van der Waals surface area contributed by atoms with Crippen LogP contribution in [-0.4, -0.2) is 12.2 Å². The van der Waals surface area contributed by atoms with E-state index in [0.717, 1.165) is 11.3 Å². The smallest absolute Gasteiger partial charge is 0.382 e. The fraction of sp³-hybridized carbons (Fsp3) is 0.571. The van der Waals surface area contributed by atoms with E-state index in [-0.39, 0.29) is 18.9 Å². The number of anilines is 1. The van der Waals surface area contributed by atoms with Gasteiger partial charge in [-0.25, -0.2) is 0 Å². The van der Waals surface area contributed by atoms with Crippen molar-refractivity contribution in [3.8, 4) is 0 Å². The molecule has 0 atom stereocenters. The third-order valence-electron chi connectivity index (χ3n) is 3.69. The summed E-state index contributed by atoms with van der Waals surface area (Å²) in [7, 11) is 0. The lowest BCUT2D eigenvalue weighted by atomic mass is 9.85. The van der Waals surface area contributed by atoms with Crippen LogP contribution in [0.15, 0.2) is 24.3 Å². The Morgan fingerprint density at radius 1 is 1.06 bits per heavy atom. The summed E-state index contributed by atoms with van der Waals surface area (Å²) < 4.78 is 37.6. The van der Waals surface area contributed by atoms with E-state index < -0.39 is 12.1 Å². The van der Waals surface area contributed by atoms with Crippen LogP contribution in [0.4, 0.5) is 18.9 Å². The van der Waals surface area contributed by atoms with Gasteiger partial charge < -0.3 is 5.32 Å². The van der Waals surface area contributed by atoms with E-state index in [2.05, 4.69) is 5.32 Å². The van der Waals surface area contributed by atoms with E-state index in [9.17, 15) is 13.2 Å². The lowest BCUT2D eigenvalue weighted by Crippen LogP contribution is -2.32. The zero-order valence-corrected chi connectivity index (χ0v) is 10.4. The number of rotatable bonds is 2. The molecule has 0 amide bonds. The SMILES string of the molecule is Cc1ccccc1NC1CCC(C(F)(F)F)CC1. The minimum Gasteiger partial charge on any atom is -0.382 e. The van der Waals surface area contributed by atoms with Gasteiger partial charge in [0.25, 0.3) is 0 Å². The molecule has 0 aromatic heterocycles. The number of hydrogen-bond acceptors (Lipinski definition) is 1. The Kier molecular flexibility index (Phi) is 3.83. The molecule has 0 radical (unpaired) electrons. The van der Waals surface area contributed by atoms with Gasteiger partial charge in [-0.3, -0.25) is 0 Å². The average Bonchev–Trinajstić information content (AvgIpc) is 2.32. The van der Waals surface area contributed by atoms with Crippen LogP contribution in [-0.2, 0) is 0 Å². The van der Waals surface area contributed by atoms with Gasteiger partial charge in [-0.1, -0.05) is 18.2 Å². The van der Waals surface area contributed by atoms with Crippen molar-refractivity contribution in [3.63, 3.8) is 0 Å². The van der Waals surface area contributed by atoms with E-state index in [1.54, 1.807) is 0 Å². The standard InChI is InChI=1S/C14H18F3N/c1-10-4-2-3-5-13(10)18-12-8-6-11(7-9-12)14(15,16)17/h2-5,11-12,18H,6-9H2,1H3. The lowest BCUT2D eigenvalue weighted by molar-refractivity contribution is -0.182. The van der Waals surface area contributed by atoms with Gasteiger partial charge >= 0.3 is 6.18 Å². The molecule has 1 aromatic carbocycles. The monoisotopic (exact) mass is 257 g/mol. The number of para-hydroxylation sites is 1. The quantitative estimate of drug-likeness (QED) is 0.820. The van der Waals surface area contributed by atoms with Crippen molar-refractivity contribution in [3.05, 3.63) is 29.8 Å². The second kappa shape index (κ2) is 5.21. The van der Waals surface area contributed by atoms with E-state index in [1.807, 2.05) is 31.2 Å². The first-order chi connectivity index (χ1) is 8.47. The van der Waals surface area contributed by atoms with Gasteiger partial charge in [-0.15, -0.1) is 0 Å². The van der Waals surface area contributed by atoms with Crippen molar-refractivity contribution in [2.45, 2.75) is 44.8 Å². The second-order valence-electron chi connectivity index (χ2n) is 5.05. The first kappa shape index (κ1) is 13.2. The van der Waals surface area contributed by atoms with Gasteiger partial charge in [0.1, 0.15) is 0 Å². The molecule has 0 saturated heterocycles. The molecule has 100 valence electrons. The molecule has 1 fully saturated rings. The van der Waals surface area contributed by atoms with Crippen molar-refractivity contribution in [1.82, 2.24) is 0 Å². The maximum Gasteiger partial charge on any atom is 0.391 e. The van der Waals surface area contributed by atoms with E-state index in [0.29, 0.717) is 12.8 Å². The van der Waals surface area contributed by atoms with Crippen LogP contribution >= 0.6 is 0 Å². The molecule has 1 aliphatic carbocycles. The topological polar surface area (TPSA) is 12.0 Å². The summed E-state index contributed by atoms with van der Waals surface area (Å²) in [6.45, 7) is 2.00.